The lowest BCUT2D eigenvalue weighted by molar-refractivity contribution is -0.118. The number of carbonyl (C=O) groups excluding carboxylic acids is 1. The van der Waals surface area contributed by atoms with Crippen LogP contribution in [0.3, 0.4) is 0 Å². The van der Waals surface area contributed by atoms with Gasteiger partial charge in [0.1, 0.15) is 0 Å². The fraction of sp³-hybridized carbons (Fsp3) is 0.103. The average Bonchev–Trinajstić information content (AvgIpc) is 3.29. The van der Waals surface area contributed by atoms with E-state index in [4.69, 9.17) is 0 Å². The summed E-state index contributed by atoms with van der Waals surface area (Å²) < 4.78 is 2.97. The summed E-state index contributed by atoms with van der Waals surface area (Å²) in [6.07, 6.45) is 1.72. The average molecular weight is 571 g/mol. The first-order valence-corrected chi connectivity index (χ1v) is 13.5. The highest BCUT2D eigenvalue weighted by atomic mass is 79.9. The number of fused-ring (bicyclic) bond motifs is 2. The van der Waals surface area contributed by atoms with Gasteiger partial charge in [-0.15, -0.1) is 10.2 Å². The maximum Gasteiger partial charge on any atom is 0.250 e. The van der Waals surface area contributed by atoms with E-state index in [1.54, 1.807) is 6.21 Å². The van der Waals surface area contributed by atoms with Gasteiger partial charge < -0.3 is 0 Å². The highest BCUT2D eigenvalue weighted by Gasteiger charge is 2.16. The Morgan fingerprint density at radius 1 is 1.03 bits per heavy atom. The molecular weight excluding hydrogens is 546 g/mol. The SMILES string of the molecule is C=C(C)Cn1c(SCC(=O)N/N=C\c2c3ccccc3cc3ccccc23)nnc1-c1ccc(Br)cc1. The number of carbonyl (C=O) groups is 1. The first-order chi connectivity index (χ1) is 18.0. The number of allylic oxidation sites excluding steroid dienone is 1. The number of hydrogen-bond donors (Lipinski definition) is 1. The van der Waals surface area contributed by atoms with Gasteiger partial charge in [-0.25, -0.2) is 5.43 Å². The molecule has 0 atom stereocenters. The van der Waals surface area contributed by atoms with Crippen molar-refractivity contribution in [2.24, 2.45) is 5.10 Å². The van der Waals surface area contributed by atoms with Crippen LogP contribution >= 0.6 is 27.7 Å². The number of nitrogens with one attached hydrogen (secondary N) is 1. The van der Waals surface area contributed by atoms with Crippen molar-refractivity contribution in [2.75, 3.05) is 5.75 Å². The quantitative estimate of drug-likeness (QED) is 0.0730. The topological polar surface area (TPSA) is 72.2 Å². The minimum atomic E-state index is -0.221. The maximum absolute atomic E-state index is 12.7. The first kappa shape index (κ1) is 24.9. The molecule has 0 fully saturated rings. The summed E-state index contributed by atoms with van der Waals surface area (Å²) in [6, 6.07) is 26.4. The van der Waals surface area contributed by atoms with Crippen LogP contribution in [0.2, 0.25) is 0 Å². The van der Waals surface area contributed by atoms with Crippen molar-refractivity contribution < 1.29 is 4.79 Å². The molecule has 8 heteroatoms. The van der Waals surface area contributed by atoms with Crippen LogP contribution in [0, 0.1) is 0 Å². The Labute approximate surface area is 227 Å². The summed E-state index contributed by atoms with van der Waals surface area (Å²) in [4.78, 5) is 12.7. The summed E-state index contributed by atoms with van der Waals surface area (Å²) in [5.74, 6) is 0.669. The molecule has 0 unspecified atom stereocenters. The number of halogens is 1. The number of rotatable bonds is 8. The molecule has 0 saturated heterocycles. The Kier molecular flexibility index (Phi) is 7.48. The number of hydrogen-bond acceptors (Lipinski definition) is 5. The normalized spacial score (nSPS) is 11.4. The number of aromatic nitrogens is 3. The fourth-order valence-corrected chi connectivity index (χ4v) is 5.13. The zero-order valence-electron chi connectivity index (χ0n) is 20.2. The van der Waals surface area contributed by atoms with Crippen molar-refractivity contribution in [3.05, 3.63) is 101 Å². The van der Waals surface area contributed by atoms with Crippen LogP contribution in [0.4, 0.5) is 0 Å². The molecule has 0 aliphatic carbocycles. The molecule has 5 aromatic rings. The number of nitrogens with zero attached hydrogens (tertiary/aromatic N) is 4. The number of benzene rings is 4. The molecule has 0 aliphatic rings. The highest BCUT2D eigenvalue weighted by molar-refractivity contribution is 9.10. The third kappa shape index (κ3) is 5.65. The molecule has 0 bridgehead atoms. The van der Waals surface area contributed by atoms with Crippen LogP contribution in [-0.4, -0.2) is 32.6 Å². The summed E-state index contributed by atoms with van der Waals surface area (Å²) >= 11 is 4.79. The Morgan fingerprint density at radius 3 is 2.32 bits per heavy atom. The molecule has 184 valence electrons. The molecule has 6 nitrogen and oxygen atoms in total. The van der Waals surface area contributed by atoms with E-state index in [1.807, 2.05) is 60.0 Å². The second-order valence-electron chi connectivity index (χ2n) is 8.67. The van der Waals surface area contributed by atoms with Gasteiger partial charge in [0.25, 0.3) is 5.91 Å². The molecule has 0 radical (unpaired) electrons. The Hall–Kier alpha value is -3.75. The molecular formula is C29H24BrN5OS. The fourth-order valence-electron chi connectivity index (χ4n) is 4.14. The van der Waals surface area contributed by atoms with Gasteiger partial charge >= 0.3 is 0 Å². The highest BCUT2D eigenvalue weighted by Crippen LogP contribution is 2.28. The second-order valence-corrected chi connectivity index (χ2v) is 10.5. The standard InChI is InChI=1S/C29H24BrN5OS/c1-19(2)17-35-28(20-11-13-23(30)14-12-20)33-34-29(35)37-18-27(36)32-31-16-26-24-9-5-3-7-21(24)15-22-8-4-6-10-25(22)26/h3-16H,1,17-18H2,2H3,(H,32,36)/b31-16-. The summed E-state index contributed by atoms with van der Waals surface area (Å²) in [6.45, 7) is 6.56. The molecule has 1 aromatic heterocycles. The smallest absolute Gasteiger partial charge is 0.250 e. The van der Waals surface area contributed by atoms with Gasteiger partial charge in [-0.1, -0.05) is 101 Å². The van der Waals surface area contributed by atoms with Gasteiger partial charge in [-0.3, -0.25) is 9.36 Å². The Balaban J connectivity index is 1.32. The van der Waals surface area contributed by atoms with E-state index in [9.17, 15) is 4.79 Å². The van der Waals surface area contributed by atoms with Crippen molar-refractivity contribution in [2.45, 2.75) is 18.6 Å². The van der Waals surface area contributed by atoms with E-state index in [-0.39, 0.29) is 11.7 Å². The van der Waals surface area contributed by atoms with Crippen LogP contribution in [0.5, 0.6) is 0 Å². The van der Waals surface area contributed by atoms with Crippen molar-refractivity contribution >= 4 is 61.4 Å². The van der Waals surface area contributed by atoms with Gasteiger partial charge in [0.15, 0.2) is 11.0 Å². The molecule has 0 spiro atoms. The predicted molar refractivity (Wildman–Crippen MR) is 156 cm³/mol. The number of amides is 1. The minimum Gasteiger partial charge on any atom is -0.298 e. The minimum absolute atomic E-state index is 0.155. The second kappa shape index (κ2) is 11.1. The van der Waals surface area contributed by atoms with Crippen LogP contribution in [0.25, 0.3) is 32.9 Å². The van der Waals surface area contributed by atoms with Crippen LogP contribution < -0.4 is 5.43 Å². The summed E-state index contributed by atoms with van der Waals surface area (Å²) in [5.41, 5.74) is 5.55. The first-order valence-electron chi connectivity index (χ1n) is 11.7. The lowest BCUT2D eigenvalue weighted by Crippen LogP contribution is -2.20. The van der Waals surface area contributed by atoms with Gasteiger partial charge in [-0.2, -0.15) is 5.10 Å². The van der Waals surface area contributed by atoms with Gasteiger partial charge in [0.05, 0.1) is 12.0 Å². The zero-order valence-corrected chi connectivity index (χ0v) is 22.6. The lowest BCUT2D eigenvalue weighted by Gasteiger charge is -2.10. The zero-order chi connectivity index (χ0) is 25.8. The predicted octanol–water partition coefficient (Wildman–Crippen LogP) is 6.83. The van der Waals surface area contributed by atoms with Crippen LogP contribution in [0.1, 0.15) is 12.5 Å². The molecule has 0 aliphatic heterocycles. The van der Waals surface area contributed by atoms with Crippen molar-refractivity contribution in [1.29, 1.82) is 0 Å². The Bertz CT molecular complexity index is 1590. The molecule has 1 amide bonds. The van der Waals surface area contributed by atoms with Crippen LogP contribution in [-0.2, 0) is 11.3 Å². The van der Waals surface area contributed by atoms with Crippen LogP contribution in [0.15, 0.2) is 106 Å². The number of hydrazone groups is 1. The molecule has 37 heavy (non-hydrogen) atoms. The van der Waals surface area contributed by atoms with E-state index < -0.39 is 0 Å². The molecule has 5 rings (SSSR count). The summed E-state index contributed by atoms with van der Waals surface area (Å²) in [7, 11) is 0. The monoisotopic (exact) mass is 569 g/mol. The molecule has 1 heterocycles. The van der Waals surface area contributed by atoms with Gasteiger partial charge in [0, 0.05) is 22.1 Å². The van der Waals surface area contributed by atoms with Crippen molar-refractivity contribution in [1.82, 2.24) is 20.2 Å². The molecule has 0 saturated carbocycles. The van der Waals surface area contributed by atoms with E-state index in [0.29, 0.717) is 11.7 Å². The maximum atomic E-state index is 12.7. The lowest BCUT2D eigenvalue weighted by atomic mass is 9.97. The molecule has 4 aromatic carbocycles. The Morgan fingerprint density at radius 2 is 1.68 bits per heavy atom. The molecule has 1 N–H and O–H groups in total. The van der Waals surface area contributed by atoms with E-state index >= 15 is 0 Å². The summed E-state index contributed by atoms with van der Waals surface area (Å²) in [5, 5.41) is 18.1. The van der Waals surface area contributed by atoms with E-state index in [2.05, 4.69) is 73.6 Å². The van der Waals surface area contributed by atoms with Crippen molar-refractivity contribution in [3.8, 4) is 11.4 Å². The van der Waals surface area contributed by atoms with E-state index in [0.717, 1.165) is 48.5 Å². The van der Waals surface area contributed by atoms with E-state index in [1.165, 1.54) is 11.8 Å². The van der Waals surface area contributed by atoms with Crippen molar-refractivity contribution in [3.63, 3.8) is 0 Å². The van der Waals surface area contributed by atoms with Gasteiger partial charge in [-0.05, 0) is 46.7 Å². The third-order valence-electron chi connectivity index (χ3n) is 5.78. The largest absolute Gasteiger partial charge is 0.298 e. The number of thioether (sulfide) groups is 1. The van der Waals surface area contributed by atoms with Gasteiger partial charge in [0.2, 0.25) is 0 Å². The third-order valence-corrected chi connectivity index (χ3v) is 7.27.